The molecule has 0 unspecified atom stereocenters. The van der Waals surface area contributed by atoms with E-state index in [-0.39, 0.29) is 0 Å². The van der Waals surface area contributed by atoms with Crippen LogP contribution in [0.5, 0.6) is 0 Å². The third-order valence-electron chi connectivity index (χ3n) is 2.30. The highest BCUT2D eigenvalue weighted by Crippen LogP contribution is 2.08. The van der Waals surface area contributed by atoms with Gasteiger partial charge >= 0.3 is 0 Å². The zero-order valence-corrected chi connectivity index (χ0v) is 9.38. The van der Waals surface area contributed by atoms with Gasteiger partial charge in [-0.3, -0.25) is 0 Å². The lowest BCUT2D eigenvalue weighted by Crippen LogP contribution is -1.79. The van der Waals surface area contributed by atoms with E-state index in [1.165, 1.54) is 51.4 Å². The molecule has 0 aromatic rings. The van der Waals surface area contributed by atoms with Crippen molar-refractivity contribution in [2.24, 2.45) is 0 Å². The smallest absolute Gasteiger partial charge is 0.0348 e. The van der Waals surface area contributed by atoms with Crippen LogP contribution in [0.15, 0.2) is 37.5 Å². The molecule has 0 saturated carbocycles. The lowest BCUT2D eigenvalue weighted by atomic mass is 10.1. The van der Waals surface area contributed by atoms with Crippen molar-refractivity contribution < 1.29 is 0 Å². The molecule has 0 heteroatoms. The van der Waals surface area contributed by atoms with E-state index in [1.54, 1.807) is 0 Å². The highest BCUT2D eigenvalue weighted by Gasteiger charge is 1.89. The first-order valence-corrected chi connectivity index (χ1v) is 5.80. The van der Waals surface area contributed by atoms with Crippen LogP contribution in [0.1, 0.15) is 51.4 Å². The quantitative estimate of drug-likeness (QED) is 0.258. The van der Waals surface area contributed by atoms with Crippen molar-refractivity contribution in [2.75, 3.05) is 0 Å². The molecular formula is C14H24. The van der Waals surface area contributed by atoms with Crippen molar-refractivity contribution in [1.82, 2.24) is 0 Å². The first-order valence-electron chi connectivity index (χ1n) is 5.80. The Bertz CT molecular complexity index is 153. The molecule has 0 aromatic carbocycles. The second-order valence-electron chi connectivity index (χ2n) is 3.65. The number of rotatable bonds is 10. The molecule has 0 bridgehead atoms. The summed E-state index contributed by atoms with van der Waals surface area (Å²) in [5.74, 6) is 0. The van der Waals surface area contributed by atoms with Crippen molar-refractivity contribution >= 4 is 0 Å². The minimum Gasteiger partial charge on any atom is -0.103 e. The highest BCUT2D eigenvalue weighted by molar-refractivity contribution is 4.96. The lowest BCUT2D eigenvalue weighted by molar-refractivity contribution is 0.600. The molecule has 0 rings (SSSR count). The topological polar surface area (TPSA) is 0 Å². The van der Waals surface area contributed by atoms with Crippen LogP contribution in [0, 0.1) is 0 Å². The zero-order valence-electron chi connectivity index (χ0n) is 9.38. The van der Waals surface area contributed by atoms with Crippen LogP contribution in [-0.2, 0) is 0 Å². The van der Waals surface area contributed by atoms with Crippen molar-refractivity contribution in [3.8, 4) is 0 Å². The number of hydrogen-bond acceptors (Lipinski definition) is 0. The monoisotopic (exact) mass is 192 g/mol. The molecule has 0 aliphatic heterocycles. The average molecular weight is 192 g/mol. The fourth-order valence-corrected chi connectivity index (χ4v) is 1.45. The van der Waals surface area contributed by atoms with E-state index in [9.17, 15) is 0 Å². The molecule has 0 aliphatic carbocycles. The zero-order chi connectivity index (χ0) is 10.5. The van der Waals surface area contributed by atoms with Crippen LogP contribution >= 0.6 is 0 Å². The number of hydrogen-bond donors (Lipinski definition) is 0. The average Bonchev–Trinajstić information content (AvgIpc) is 2.21. The molecule has 0 aromatic heterocycles. The van der Waals surface area contributed by atoms with E-state index in [1.807, 2.05) is 18.2 Å². The van der Waals surface area contributed by atoms with Crippen molar-refractivity contribution in [2.45, 2.75) is 51.4 Å². The van der Waals surface area contributed by atoms with Gasteiger partial charge in [-0.1, -0.05) is 56.6 Å². The minimum absolute atomic E-state index is 1.18. The summed E-state index contributed by atoms with van der Waals surface area (Å²) in [6.07, 6.45) is 18.6. The molecule has 0 radical (unpaired) electrons. The van der Waals surface area contributed by atoms with Gasteiger partial charge in [0, 0.05) is 0 Å². The lowest BCUT2D eigenvalue weighted by Gasteiger charge is -1.98. The summed E-state index contributed by atoms with van der Waals surface area (Å²) in [5.41, 5.74) is 0. The van der Waals surface area contributed by atoms with Crippen LogP contribution in [0.25, 0.3) is 0 Å². The van der Waals surface area contributed by atoms with Gasteiger partial charge in [0.25, 0.3) is 0 Å². The molecule has 14 heavy (non-hydrogen) atoms. The third kappa shape index (κ3) is 11.2. The van der Waals surface area contributed by atoms with Gasteiger partial charge in [0.2, 0.25) is 0 Å². The molecule has 0 nitrogen and oxygen atoms in total. The van der Waals surface area contributed by atoms with Crippen molar-refractivity contribution in [3.05, 3.63) is 37.5 Å². The first kappa shape index (κ1) is 13.2. The molecule has 0 heterocycles. The molecule has 0 atom stereocenters. The Morgan fingerprint density at radius 3 is 1.86 bits per heavy atom. The Hall–Kier alpha value is -0.780. The fourth-order valence-electron chi connectivity index (χ4n) is 1.45. The Balaban J connectivity index is 2.95. The number of unbranched alkanes of at least 4 members (excludes halogenated alkanes) is 7. The van der Waals surface area contributed by atoms with Gasteiger partial charge in [-0.25, -0.2) is 0 Å². The van der Waals surface area contributed by atoms with Gasteiger partial charge in [0.1, 0.15) is 0 Å². The van der Waals surface area contributed by atoms with E-state index >= 15 is 0 Å². The van der Waals surface area contributed by atoms with Crippen molar-refractivity contribution in [3.63, 3.8) is 0 Å². The second-order valence-corrected chi connectivity index (χ2v) is 3.65. The fraction of sp³-hybridized carbons (Fsp3) is 0.571. The van der Waals surface area contributed by atoms with Crippen LogP contribution in [0.3, 0.4) is 0 Å². The van der Waals surface area contributed by atoms with Crippen LogP contribution in [0.4, 0.5) is 0 Å². The molecule has 0 fully saturated rings. The molecule has 0 spiro atoms. The molecule has 0 N–H and O–H groups in total. The summed E-state index contributed by atoms with van der Waals surface area (Å²) >= 11 is 0. The largest absolute Gasteiger partial charge is 0.103 e. The van der Waals surface area contributed by atoms with Crippen molar-refractivity contribution in [1.29, 1.82) is 0 Å². The van der Waals surface area contributed by atoms with E-state index < -0.39 is 0 Å². The van der Waals surface area contributed by atoms with Crippen LogP contribution in [0.2, 0.25) is 0 Å². The van der Waals surface area contributed by atoms with E-state index in [4.69, 9.17) is 0 Å². The Kier molecular flexibility index (Phi) is 11.5. The Morgan fingerprint density at radius 2 is 1.29 bits per heavy atom. The second kappa shape index (κ2) is 12.2. The van der Waals surface area contributed by atoms with Gasteiger partial charge in [-0.2, -0.15) is 0 Å². The van der Waals surface area contributed by atoms with E-state index in [0.717, 1.165) is 0 Å². The predicted molar refractivity (Wildman–Crippen MR) is 66.5 cm³/mol. The SMILES string of the molecule is C=C/C=C\CCCCCCCCC=C. The maximum Gasteiger partial charge on any atom is -0.0348 e. The summed E-state index contributed by atoms with van der Waals surface area (Å²) < 4.78 is 0. The minimum atomic E-state index is 1.18. The predicted octanol–water partition coefficient (Wildman–Crippen LogP) is 5.04. The molecule has 80 valence electrons. The standard InChI is InChI=1S/C14H24/c1-3-5-7-9-11-13-14-12-10-8-6-4-2/h3-5,7H,1-2,6,8-14H2/b7-5-. The maximum absolute atomic E-state index is 3.72. The Labute approximate surface area is 89.4 Å². The highest BCUT2D eigenvalue weighted by atomic mass is 13.9. The molecule has 0 saturated heterocycles. The van der Waals surface area contributed by atoms with Gasteiger partial charge in [-0.05, 0) is 25.7 Å². The van der Waals surface area contributed by atoms with E-state index in [2.05, 4.69) is 19.2 Å². The molecular weight excluding hydrogens is 168 g/mol. The Morgan fingerprint density at radius 1 is 0.714 bits per heavy atom. The van der Waals surface area contributed by atoms with Gasteiger partial charge in [-0.15, -0.1) is 6.58 Å². The van der Waals surface area contributed by atoms with Crippen LogP contribution in [-0.4, -0.2) is 0 Å². The van der Waals surface area contributed by atoms with Gasteiger partial charge in [0.15, 0.2) is 0 Å². The molecule has 0 aliphatic rings. The summed E-state index contributed by atoms with van der Waals surface area (Å²) in [5, 5.41) is 0. The first-order chi connectivity index (χ1) is 6.91. The third-order valence-corrected chi connectivity index (χ3v) is 2.30. The normalized spacial score (nSPS) is 10.6. The van der Waals surface area contributed by atoms with Gasteiger partial charge in [0.05, 0.1) is 0 Å². The van der Waals surface area contributed by atoms with E-state index in [0.29, 0.717) is 0 Å². The maximum atomic E-state index is 3.72. The summed E-state index contributed by atoms with van der Waals surface area (Å²) in [7, 11) is 0. The summed E-state index contributed by atoms with van der Waals surface area (Å²) in [4.78, 5) is 0. The molecule has 0 amide bonds. The summed E-state index contributed by atoms with van der Waals surface area (Å²) in [6.45, 7) is 7.36. The summed E-state index contributed by atoms with van der Waals surface area (Å²) in [6, 6.07) is 0. The number of allylic oxidation sites excluding steroid dienone is 4. The van der Waals surface area contributed by atoms with Crippen LogP contribution < -0.4 is 0 Å². The van der Waals surface area contributed by atoms with Gasteiger partial charge < -0.3 is 0 Å².